The lowest BCUT2D eigenvalue weighted by atomic mass is 10.0. The molecule has 0 radical (unpaired) electrons. The van der Waals surface area contributed by atoms with E-state index in [4.69, 9.17) is 9.47 Å². The molecule has 1 aliphatic heterocycles. The molecule has 5 rings (SSSR count). The van der Waals surface area contributed by atoms with Gasteiger partial charge in [-0.05, 0) is 72.5 Å². The average molecular weight is 456 g/mol. The summed E-state index contributed by atoms with van der Waals surface area (Å²) >= 11 is 1.75. The molecule has 0 saturated carbocycles. The Morgan fingerprint density at radius 3 is 2.45 bits per heavy atom. The largest absolute Gasteiger partial charge is 0.497 e. The van der Waals surface area contributed by atoms with E-state index in [0.717, 1.165) is 45.3 Å². The lowest BCUT2D eigenvalue weighted by Gasteiger charge is -2.33. The van der Waals surface area contributed by atoms with E-state index in [1.807, 2.05) is 6.07 Å². The molecule has 3 nitrogen and oxygen atoms in total. The van der Waals surface area contributed by atoms with E-state index in [-0.39, 0.29) is 0 Å². The van der Waals surface area contributed by atoms with Crippen LogP contribution in [0.2, 0.25) is 0 Å². The lowest BCUT2D eigenvalue weighted by Crippen LogP contribution is -2.40. The van der Waals surface area contributed by atoms with Crippen molar-refractivity contribution in [1.82, 2.24) is 4.90 Å². The van der Waals surface area contributed by atoms with Crippen molar-refractivity contribution in [2.24, 2.45) is 0 Å². The van der Waals surface area contributed by atoms with Crippen molar-refractivity contribution in [1.29, 1.82) is 0 Å². The standard InChI is InChI=1S/C29H29NO2S/c1-4-15-30-18-22(19-30)16-21-9-11-23(12-10-21)32-28-26-14-13-24(31-3)17-27(26)33-29(28)25-8-6-5-7-20(25)2/h5-14,16-17H,4,15,18-19H2,1-3H3. The van der Waals surface area contributed by atoms with Gasteiger partial charge in [0.15, 0.2) is 5.75 Å². The van der Waals surface area contributed by atoms with Crippen molar-refractivity contribution in [3.05, 3.63) is 83.4 Å². The summed E-state index contributed by atoms with van der Waals surface area (Å²) in [5, 5.41) is 1.11. The highest BCUT2D eigenvalue weighted by Gasteiger charge is 2.19. The van der Waals surface area contributed by atoms with Gasteiger partial charge in [0.25, 0.3) is 0 Å². The van der Waals surface area contributed by atoms with E-state index >= 15 is 0 Å². The average Bonchev–Trinajstić information content (AvgIpc) is 3.16. The molecule has 33 heavy (non-hydrogen) atoms. The van der Waals surface area contributed by atoms with E-state index in [2.05, 4.69) is 85.5 Å². The van der Waals surface area contributed by atoms with Crippen molar-refractivity contribution in [2.75, 3.05) is 26.7 Å². The van der Waals surface area contributed by atoms with Crippen LogP contribution in [0, 0.1) is 6.92 Å². The molecule has 1 aliphatic rings. The van der Waals surface area contributed by atoms with Crippen LogP contribution in [-0.2, 0) is 0 Å². The van der Waals surface area contributed by atoms with Gasteiger partial charge in [-0.15, -0.1) is 11.3 Å². The Kier molecular flexibility index (Phi) is 6.21. The van der Waals surface area contributed by atoms with Gasteiger partial charge in [0.05, 0.1) is 12.0 Å². The molecule has 0 atom stereocenters. The third-order valence-electron chi connectivity index (χ3n) is 6.11. The maximum atomic E-state index is 6.54. The van der Waals surface area contributed by atoms with Gasteiger partial charge in [-0.2, -0.15) is 0 Å². The van der Waals surface area contributed by atoms with E-state index < -0.39 is 0 Å². The molecular weight excluding hydrogens is 426 g/mol. The molecule has 4 heteroatoms. The number of fused-ring (bicyclic) bond motifs is 1. The van der Waals surface area contributed by atoms with Crippen LogP contribution >= 0.6 is 11.3 Å². The summed E-state index contributed by atoms with van der Waals surface area (Å²) in [6.45, 7) is 7.76. The highest BCUT2D eigenvalue weighted by atomic mass is 32.1. The Hall–Kier alpha value is -3.08. The molecular formula is C29H29NO2S. The first-order valence-electron chi connectivity index (χ1n) is 11.5. The van der Waals surface area contributed by atoms with Gasteiger partial charge in [-0.1, -0.05) is 49.4 Å². The number of nitrogens with zero attached hydrogens (tertiary/aromatic N) is 1. The Morgan fingerprint density at radius 1 is 0.970 bits per heavy atom. The summed E-state index contributed by atoms with van der Waals surface area (Å²) in [5.74, 6) is 2.62. The van der Waals surface area contributed by atoms with Gasteiger partial charge in [0, 0.05) is 23.2 Å². The first-order chi connectivity index (χ1) is 16.1. The van der Waals surface area contributed by atoms with Crippen LogP contribution < -0.4 is 9.47 Å². The number of hydrogen-bond acceptors (Lipinski definition) is 4. The topological polar surface area (TPSA) is 21.7 Å². The van der Waals surface area contributed by atoms with Gasteiger partial charge in [-0.3, -0.25) is 4.90 Å². The van der Waals surface area contributed by atoms with Crippen LogP contribution in [0.5, 0.6) is 17.2 Å². The summed E-state index contributed by atoms with van der Waals surface area (Å²) in [5.41, 5.74) is 5.17. The third-order valence-corrected chi connectivity index (χ3v) is 7.27. The predicted molar refractivity (Wildman–Crippen MR) is 140 cm³/mol. The number of ether oxygens (including phenoxy) is 2. The molecule has 168 valence electrons. The summed E-state index contributed by atoms with van der Waals surface area (Å²) in [6.07, 6.45) is 3.52. The van der Waals surface area contributed by atoms with Crippen molar-refractivity contribution in [3.8, 4) is 27.7 Å². The Balaban J connectivity index is 1.45. The van der Waals surface area contributed by atoms with E-state index in [9.17, 15) is 0 Å². The molecule has 3 aromatic carbocycles. The quantitative estimate of drug-likeness (QED) is 0.284. The molecule has 0 spiro atoms. The highest BCUT2D eigenvalue weighted by Crippen LogP contribution is 2.47. The molecule has 0 unspecified atom stereocenters. The second-order valence-electron chi connectivity index (χ2n) is 8.62. The smallest absolute Gasteiger partial charge is 0.153 e. The summed E-state index contributed by atoms with van der Waals surface area (Å²) in [7, 11) is 1.70. The third kappa shape index (κ3) is 4.54. The summed E-state index contributed by atoms with van der Waals surface area (Å²) in [4.78, 5) is 3.63. The minimum Gasteiger partial charge on any atom is -0.497 e. The fourth-order valence-electron chi connectivity index (χ4n) is 4.37. The minimum atomic E-state index is 0.851. The molecule has 1 aromatic heterocycles. The fraction of sp³-hybridized carbons (Fsp3) is 0.241. The number of rotatable bonds is 7. The van der Waals surface area contributed by atoms with Crippen LogP contribution in [0.1, 0.15) is 24.5 Å². The SMILES string of the molecule is CCCN1CC(=Cc2ccc(Oc3c(-c4ccccc4C)sc4cc(OC)ccc34)cc2)C1. The maximum absolute atomic E-state index is 6.54. The first-order valence-corrected chi connectivity index (χ1v) is 12.3. The predicted octanol–water partition coefficient (Wildman–Crippen LogP) is 7.79. The Labute approximate surface area is 199 Å². The van der Waals surface area contributed by atoms with Gasteiger partial charge in [0.2, 0.25) is 0 Å². The van der Waals surface area contributed by atoms with Crippen molar-refractivity contribution >= 4 is 27.5 Å². The Bertz CT molecular complexity index is 1300. The van der Waals surface area contributed by atoms with Gasteiger partial charge >= 0.3 is 0 Å². The monoisotopic (exact) mass is 455 g/mol. The van der Waals surface area contributed by atoms with Crippen molar-refractivity contribution in [3.63, 3.8) is 0 Å². The maximum Gasteiger partial charge on any atom is 0.153 e. The van der Waals surface area contributed by atoms with Crippen molar-refractivity contribution < 1.29 is 9.47 Å². The summed E-state index contributed by atoms with van der Waals surface area (Å²) in [6, 6.07) is 23.1. The number of thiophene rings is 1. The zero-order valence-electron chi connectivity index (χ0n) is 19.4. The molecule has 0 amide bonds. The normalized spacial score (nSPS) is 13.7. The lowest BCUT2D eigenvalue weighted by molar-refractivity contribution is 0.253. The molecule has 0 aliphatic carbocycles. The molecule has 1 saturated heterocycles. The Morgan fingerprint density at radius 2 is 1.73 bits per heavy atom. The minimum absolute atomic E-state index is 0.851. The zero-order valence-corrected chi connectivity index (χ0v) is 20.2. The molecule has 0 N–H and O–H groups in total. The number of hydrogen-bond donors (Lipinski definition) is 0. The van der Waals surface area contributed by atoms with Crippen LogP contribution in [0.25, 0.3) is 26.6 Å². The second kappa shape index (κ2) is 9.42. The molecule has 2 heterocycles. The highest BCUT2D eigenvalue weighted by molar-refractivity contribution is 7.22. The molecule has 1 fully saturated rings. The van der Waals surface area contributed by atoms with Gasteiger partial charge in [0.1, 0.15) is 11.5 Å². The molecule has 4 aromatic rings. The number of benzene rings is 3. The molecule has 0 bridgehead atoms. The number of likely N-dealkylation sites (tertiary alicyclic amines) is 1. The van der Waals surface area contributed by atoms with Crippen LogP contribution in [-0.4, -0.2) is 31.6 Å². The van der Waals surface area contributed by atoms with E-state index in [1.54, 1.807) is 18.4 Å². The van der Waals surface area contributed by atoms with Crippen LogP contribution in [0.3, 0.4) is 0 Å². The van der Waals surface area contributed by atoms with E-state index in [0.29, 0.717) is 0 Å². The summed E-state index contributed by atoms with van der Waals surface area (Å²) < 4.78 is 13.1. The van der Waals surface area contributed by atoms with Gasteiger partial charge in [-0.25, -0.2) is 0 Å². The first kappa shape index (κ1) is 21.7. The van der Waals surface area contributed by atoms with Crippen LogP contribution in [0.4, 0.5) is 0 Å². The zero-order chi connectivity index (χ0) is 22.8. The second-order valence-corrected chi connectivity index (χ2v) is 9.67. The van der Waals surface area contributed by atoms with Gasteiger partial charge < -0.3 is 9.47 Å². The fourth-order valence-corrected chi connectivity index (χ4v) is 5.61. The van der Waals surface area contributed by atoms with Crippen LogP contribution in [0.15, 0.2) is 72.3 Å². The van der Waals surface area contributed by atoms with Crippen molar-refractivity contribution in [2.45, 2.75) is 20.3 Å². The van der Waals surface area contributed by atoms with E-state index in [1.165, 1.54) is 35.2 Å². The number of aryl methyl sites for hydroxylation is 1. The number of methoxy groups -OCH3 is 1.